The van der Waals surface area contributed by atoms with E-state index in [0.717, 1.165) is 64.7 Å². The number of aliphatic hydroxyl groups is 1. The van der Waals surface area contributed by atoms with Crippen molar-refractivity contribution in [3.63, 3.8) is 0 Å². The van der Waals surface area contributed by atoms with E-state index in [9.17, 15) is 23.4 Å². The summed E-state index contributed by atoms with van der Waals surface area (Å²) >= 11 is 8.04. The Morgan fingerprint density at radius 1 is 1.04 bits per heavy atom. The number of thioether (sulfide) groups is 1. The summed E-state index contributed by atoms with van der Waals surface area (Å²) in [6.45, 7) is 3.66. The van der Waals surface area contributed by atoms with E-state index in [1.165, 1.54) is 5.56 Å². The first-order valence-corrected chi connectivity index (χ1v) is 18.3. The van der Waals surface area contributed by atoms with Crippen LogP contribution in [0, 0.1) is 5.41 Å². The van der Waals surface area contributed by atoms with E-state index in [4.69, 9.17) is 21.1 Å². The summed E-state index contributed by atoms with van der Waals surface area (Å²) in [6, 6.07) is 26.5. The average molecular weight is 682 g/mol. The number of carboxylic acids is 1. The van der Waals surface area contributed by atoms with E-state index in [0.29, 0.717) is 11.3 Å². The van der Waals surface area contributed by atoms with Gasteiger partial charge in [0.05, 0.1) is 29.5 Å². The van der Waals surface area contributed by atoms with Gasteiger partial charge in [0.2, 0.25) is 0 Å². The summed E-state index contributed by atoms with van der Waals surface area (Å²) in [6.07, 6.45) is 8.73. The summed E-state index contributed by atoms with van der Waals surface area (Å²) in [5.74, 6) is 0.122. The van der Waals surface area contributed by atoms with Crippen LogP contribution < -0.4 is 0 Å². The van der Waals surface area contributed by atoms with Crippen molar-refractivity contribution in [2.24, 2.45) is 5.41 Å². The molecule has 7 nitrogen and oxygen atoms in total. The summed E-state index contributed by atoms with van der Waals surface area (Å²) in [7, 11) is -3.67. The van der Waals surface area contributed by atoms with Gasteiger partial charge in [-0.05, 0) is 91.5 Å². The van der Waals surface area contributed by atoms with Crippen LogP contribution in [-0.2, 0) is 26.9 Å². The number of pyridine rings is 1. The monoisotopic (exact) mass is 681 g/mol. The maximum atomic E-state index is 11.5. The number of carbonyl (C=O) groups is 1. The molecule has 4 aromatic rings. The van der Waals surface area contributed by atoms with Crippen LogP contribution in [0.25, 0.3) is 23.1 Å². The van der Waals surface area contributed by atoms with Crippen LogP contribution in [0.5, 0.6) is 0 Å². The number of aryl methyl sites for hydroxylation is 1. The minimum atomic E-state index is -3.67. The number of halogens is 1. The minimum Gasteiger partial charge on any atom is -0.481 e. The molecule has 10 heteroatoms. The van der Waals surface area contributed by atoms with E-state index in [-0.39, 0.29) is 17.1 Å². The zero-order valence-corrected chi connectivity index (χ0v) is 28.6. The second-order valence-corrected chi connectivity index (χ2v) is 15.5. The average Bonchev–Trinajstić information content (AvgIpc) is 3.73. The molecule has 1 aliphatic carbocycles. The molecule has 244 valence electrons. The summed E-state index contributed by atoms with van der Waals surface area (Å²) in [5.41, 5.74) is 5.15. The molecule has 46 heavy (non-hydrogen) atoms. The molecule has 0 unspecified atom stereocenters. The molecule has 0 aliphatic heterocycles. The fraction of sp³-hybridized carbons (Fsp3) is 0.333. The maximum Gasteiger partial charge on any atom is 0.303 e. The smallest absolute Gasteiger partial charge is 0.303 e. The maximum absolute atomic E-state index is 11.5. The van der Waals surface area contributed by atoms with Crippen molar-refractivity contribution in [1.82, 2.24) is 4.98 Å². The molecule has 1 heterocycles. The Labute approximate surface area is 280 Å². The highest BCUT2D eigenvalue weighted by Crippen LogP contribution is 2.53. The third-order valence-corrected chi connectivity index (χ3v) is 9.76. The Kier molecular flexibility index (Phi) is 11.7. The lowest BCUT2D eigenvalue weighted by atomic mass is 9.90. The van der Waals surface area contributed by atoms with Crippen molar-refractivity contribution in [2.45, 2.75) is 56.8 Å². The number of carboxylic acid groups (broad SMARTS) is 1. The van der Waals surface area contributed by atoms with E-state index in [2.05, 4.69) is 42.5 Å². The largest absolute Gasteiger partial charge is 0.481 e. The number of nitrogens with zero attached hydrogens (tertiary/aromatic N) is 1. The SMILES string of the molecule is CC(C)(O)c1ccccc1CC[C@@H](SCC1(CC(=O)O)CC1)c1cccc(C=Cc2ccc3ccc(Cl)cc3n2)c1.CS(=O)(=O)O. The van der Waals surface area contributed by atoms with E-state index < -0.39 is 21.7 Å². The molecule has 1 saturated carbocycles. The van der Waals surface area contributed by atoms with Crippen molar-refractivity contribution >= 4 is 62.5 Å². The highest BCUT2D eigenvalue weighted by Gasteiger charge is 2.44. The Morgan fingerprint density at radius 3 is 2.41 bits per heavy atom. The summed E-state index contributed by atoms with van der Waals surface area (Å²) < 4.78 is 25.9. The number of aliphatic carboxylic acids is 1. The highest BCUT2D eigenvalue weighted by atomic mass is 35.5. The standard InChI is InChI=1S/C35H36ClNO3S.CH4O3S/c1-34(2,40)30-9-4-3-7-25(30)13-17-32(41-23-35(18-19-35)22-33(38)39)27-8-5-6-24(20-27)10-15-29-16-12-26-11-14-28(36)21-31(26)37-29;1-5(2,3)4/h3-12,14-16,20-21,32,40H,13,17-19,22-23H2,1-2H3,(H,38,39);1H3,(H,2,3,4)/t32-;/m1./s1. The number of benzene rings is 3. The van der Waals surface area contributed by atoms with E-state index >= 15 is 0 Å². The Bertz CT molecular complexity index is 1810. The normalized spacial score (nSPS) is 14.9. The van der Waals surface area contributed by atoms with Crippen molar-refractivity contribution in [3.05, 3.63) is 112 Å². The Morgan fingerprint density at radius 2 is 1.74 bits per heavy atom. The van der Waals surface area contributed by atoms with Crippen molar-refractivity contribution in [1.29, 1.82) is 0 Å². The number of aromatic nitrogens is 1. The van der Waals surface area contributed by atoms with Gasteiger partial charge < -0.3 is 10.2 Å². The molecule has 0 bridgehead atoms. The first-order chi connectivity index (χ1) is 21.6. The molecule has 1 atom stereocenters. The van der Waals surface area contributed by atoms with Crippen LogP contribution in [0.2, 0.25) is 5.02 Å². The molecule has 0 amide bonds. The van der Waals surface area contributed by atoms with Gasteiger partial charge in [0.15, 0.2) is 0 Å². The molecule has 0 spiro atoms. The Hall–Kier alpha value is -3.21. The lowest BCUT2D eigenvalue weighted by molar-refractivity contribution is -0.138. The van der Waals surface area contributed by atoms with Crippen LogP contribution >= 0.6 is 23.4 Å². The fourth-order valence-electron chi connectivity index (χ4n) is 5.36. The second kappa shape index (κ2) is 15.1. The van der Waals surface area contributed by atoms with Gasteiger partial charge in [-0.1, -0.05) is 78.3 Å². The van der Waals surface area contributed by atoms with Gasteiger partial charge in [0, 0.05) is 21.4 Å². The lowest BCUT2D eigenvalue weighted by Gasteiger charge is -2.24. The number of rotatable bonds is 12. The van der Waals surface area contributed by atoms with Gasteiger partial charge >= 0.3 is 5.97 Å². The van der Waals surface area contributed by atoms with Gasteiger partial charge in [-0.25, -0.2) is 4.98 Å². The van der Waals surface area contributed by atoms with Gasteiger partial charge in [-0.15, -0.1) is 0 Å². The molecule has 0 saturated heterocycles. The molecule has 1 fully saturated rings. The molecular weight excluding hydrogens is 642 g/mol. The number of hydrogen-bond donors (Lipinski definition) is 3. The Balaban J connectivity index is 0.000000892. The fourth-order valence-corrected chi connectivity index (χ4v) is 7.09. The predicted molar refractivity (Wildman–Crippen MR) is 189 cm³/mol. The molecule has 3 N–H and O–H groups in total. The van der Waals surface area contributed by atoms with Crippen molar-refractivity contribution in [2.75, 3.05) is 12.0 Å². The third kappa shape index (κ3) is 11.2. The molecule has 5 rings (SSSR count). The van der Waals surface area contributed by atoms with Crippen LogP contribution in [0.3, 0.4) is 0 Å². The van der Waals surface area contributed by atoms with Gasteiger partial charge in [-0.2, -0.15) is 20.2 Å². The van der Waals surface area contributed by atoms with Crippen LogP contribution in [0.1, 0.15) is 72.7 Å². The van der Waals surface area contributed by atoms with Crippen LogP contribution in [0.15, 0.2) is 78.9 Å². The van der Waals surface area contributed by atoms with E-state index in [1.807, 2.05) is 74.1 Å². The second-order valence-electron chi connectivity index (χ2n) is 12.4. The van der Waals surface area contributed by atoms with Gasteiger partial charge in [0.25, 0.3) is 10.1 Å². The molecule has 0 radical (unpaired) electrons. The predicted octanol–water partition coefficient (Wildman–Crippen LogP) is 8.45. The molecule has 1 aromatic heterocycles. The van der Waals surface area contributed by atoms with Crippen molar-refractivity contribution < 1.29 is 28.0 Å². The quantitative estimate of drug-likeness (QED) is 0.127. The first-order valence-electron chi connectivity index (χ1n) is 15.0. The van der Waals surface area contributed by atoms with Gasteiger partial charge in [0.1, 0.15) is 0 Å². The topological polar surface area (TPSA) is 125 Å². The summed E-state index contributed by atoms with van der Waals surface area (Å²) in [5, 5.41) is 22.1. The van der Waals surface area contributed by atoms with Gasteiger partial charge in [-0.3, -0.25) is 9.35 Å². The highest BCUT2D eigenvalue weighted by molar-refractivity contribution is 7.99. The first kappa shape index (κ1) is 35.6. The molecular formula is C36H40ClNO6S2. The zero-order chi connectivity index (χ0) is 33.5. The molecule has 3 aromatic carbocycles. The zero-order valence-electron chi connectivity index (χ0n) is 26.2. The number of fused-ring (bicyclic) bond motifs is 1. The number of hydrogen-bond acceptors (Lipinski definition) is 6. The van der Waals surface area contributed by atoms with E-state index in [1.54, 1.807) is 0 Å². The lowest BCUT2D eigenvalue weighted by Crippen LogP contribution is -2.18. The van der Waals surface area contributed by atoms with Crippen LogP contribution in [0.4, 0.5) is 0 Å². The van der Waals surface area contributed by atoms with Crippen LogP contribution in [-0.4, -0.2) is 46.1 Å². The van der Waals surface area contributed by atoms with Crippen molar-refractivity contribution in [3.8, 4) is 0 Å². The summed E-state index contributed by atoms with van der Waals surface area (Å²) in [4.78, 5) is 16.2. The third-order valence-electron chi connectivity index (χ3n) is 7.83. The molecule has 1 aliphatic rings. The minimum absolute atomic E-state index is 0.0814.